The summed E-state index contributed by atoms with van der Waals surface area (Å²) >= 11 is 0. The van der Waals surface area contributed by atoms with Gasteiger partial charge >= 0.3 is 0 Å². The molecule has 0 fully saturated rings. The van der Waals surface area contributed by atoms with Crippen LogP contribution in [0, 0.1) is 11.3 Å². The third-order valence-electron chi connectivity index (χ3n) is 3.61. The van der Waals surface area contributed by atoms with E-state index in [4.69, 9.17) is 20.0 Å². The summed E-state index contributed by atoms with van der Waals surface area (Å²) in [6, 6.07) is 10.5. The average Bonchev–Trinajstić information content (AvgIpc) is 3.21. The molecule has 0 amide bonds. The van der Waals surface area contributed by atoms with Crippen LogP contribution in [0.2, 0.25) is 0 Å². The van der Waals surface area contributed by atoms with Crippen LogP contribution in [0.3, 0.4) is 0 Å². The number of nitrogen functional groups attached to an aromatic ring is 1. The van der Waals surface area contributed by atoms with Gasteiger partial charge in [0.15, 0.2) is 5.76 Å². The summed E-state index contributed by atoms with van der Waals surface area (Å²) in [5, 5.41) is 27.3. The number of hydrogen-bond donors (Lipinski definition) is 3. The van der Waals surface area contributed by atoms with Gasteiger partial charge in [-0.05, 0) is 24.3 Å². The van der Waals surface area contributed by atoms with Crippen molar-refractivity contribution in [1.82, 2.24) is 9.97 Å². The van der Waals surface area contributed by atoms with Gasteiger partial charge in [0.1, 0.15) is 30.3 Å². The summed E-state index contributed by atoms with van der Waals surface area (Å²) in [7, 11) is 0. The second-order valence-electron chi connectivity index (χ2n) is 5.44. The first-order valence-corrected chi connectivity index (χ1v) is 7.75. The van der Waals surface area contributed by atoms with E-state index >= 15 is 0 Å². The van der Waals surface area contributed by atoms with Crippen LogP contribution in [-0.2, 0) is 0 Å². The Labute approximate surface area is 149 Å². The zero-order valence-corrected chi connectivity index (χ0v) is 13.7. The number of aromatic nitrogens is 2. The van der Waals surface area contributed by atoms with Crippen LogP contribution in [0.25, 0.3) is 22.6 Å². The van der Waals surface area contributed by atoms with E-state index in [1.54, 1.807) is 36.5 Å². The molecule has 1 atom stereocenters. The summed E-state index contributed by atoms with van der Waals surface area (Å²) in [5.41, 5.74) is 7.91. The molecular formula is C18H16N4O4. The monoisotopic (exact) mass is 352 g/mol. The second-order valence-corrected chi connectivity index (χ2v) is 5.44. The summed E-state index contributed by atoms with van der Waals surface area (Å²) in [6.45, 7) is -0.457. The van der Waals surface area contributed by atoms with Gasteiger partial charge < -0.3 is 25.1 Å². The molecule has 0 radical (unpaired) electrons. The van der Waals surface area contributed by atoms with Crippen LogP contribution in [0.1, 0.15) is 5.56 Å². The van der Waals surface area contributed by atoms with Gasteiger partial charge in [-0.1, -0.05) is 0 Å². The van der Waals surface area contributed by atoms with Crippen molar-refractivity contribution in [3.05, 3.63) is 48.4 Å². The summed E-state index contributed by atoms with van der Waals surface area (Å²) in [4.78, 5) is 8.47. The largest absolute Gasteiger partial charge is 0.475 e. The van der Waals surface area contributed by atoms with Crippen LogP contribution in [0.15, 0.2) is 47.2 Å². The molecule has 8 nitrogen and oxygen atoms in total. The van der Waals surface area contributed by atoms with Crippen molar-refractivity contribution >= 4 is 5.82 Å². The molecule has 3 aromatic heterocycles. The maximum absolute atomic E-state index is 9.31. The highest BCUT2D eigenvalue weighted by Crippen LogP contribution is 2.33. The molecule has 0 spiro atoms. The number of nitrogens with zero attached hydrogens (tertiary/aromatic N) is 3. The number of ether oxygens (including phenoxy) is 1. The van der Waals surface area contributed by atoms with Gasteiger partial charge in [0.05, 0.1) is 18.4 Å². The molecule has 0 aliphatic rings. The molecule has 0 aliphatic heterocycles. The Bertz CT molecular complexity index is 918. The van der Waals surface area contributed by atoms with E-state index in [9.17, 15) is 10.4 Å². The molecule has 4 N–H and O–H groups in total. The van der Waals surface area contributed by atoms with Crippen molar-refractivity contribution in [2.45, 2.75) is 6.10 Å². The fourth-order valence-corrected chi connectivity index (χ4v) is 2.30. The van der Waals surface area contributed by atoms with Gasteiger partial charge in [-0.25, -0.2) is 9.97 Å². The highest BCUT2D eigenvalue weighted by Gasteiger charge is 2.16. The topological polar surface area (TPSA) is 138 Å². The molecule has 1 unspecified atom stereocenters. The van der Waals surface area contributed by atoms with Crippen LogP contribution < -0.4 is 10.5 Å². The molecule has 0 saturated carbocycles. The van der Waals surface area contributed by atoms with Crippen LogP contribution in [0.4, 0.5) is 5.82 Å². The van der Waals surface area contributed by atoms with Crippen LogP contribution >= 0.6 is 0 Å². The molecule has 132 valence electrons. The molecule has 3 heterocycles. The molecule has 0 saturated heterocycles. The lowest BCUT2D eigenvalue weighted by Gasteiger charge is -2.11. The van der Waals surface area contributed by atoms with E-state index < -0.39 is 12.7 Å². The van der Waals surface area contributed by atoms with Crippen molar-refractivity contribution in [3.63, 3.8) is 0 Å². The average molecular weight is 352 g/mol. The zero-order valence-electron chi connectivity index (χ0n) is 13.7. The first kappa shape index (κ1) is 17.4. The summed E-state index contributed by atoms with van der Waals surface area (Å²) in [6.07, 6.45) is 2.11. The lowest BCUT2D eigenvalue weighted by atomic mass is 10.0. The van der Waals surface area contributed by atoms with E-state index in [1.807, 2.05) is 6.07 Å². The van der Waals surface area contributed by atoms with Crippen molar-refractivity contribution in [2.75, 3.05) is 18.9 Å². The number of furan rings is 1. The number of rotatable bonds is 6. The van der Waals surface area contributed by atoms with Gasteiger partial charge in [0.2, 0.25) is 5.88 Å². The number of pyridine rings is 2. The number of nitriles is 1. The molecule has 0 aromatic carbocycles. The molecule has 0 aliphatic carbocycles. The minimum absolute atomic E-state index is 0.0670. The molecular weight excluding hydrogens is 336 g/mol. The normalized spacial score (nSPS) is 11.7. The van der Waals surface area contributed by atoms with E-state index in [0.29, 0.717) is 28.5 Å². The fraction of sp³-hybridized carbons (Fsp3) is 0.167. The van der Waals surface area contributed by atoms with E-state index in [-0.39, 0.29) is 18.0 Å². The lowest BCUT2D eigenvalue weighted by Crippen LogP contribution is -2.21. The third-order valence-corrected chi connectivity index (χ3v) is 3.61. The number of nitrogens with two attached hydrogens (primary N) is 1. The standard InChI is InChI=1S/C18H16N4O4/c19-7-12-6-14(17(22-18(12)20)15-2-1-5-25-15)11-3-4-16(21-8-11)26-10-13(24)9-23/h1-6,8,13,23-24H,9-10H2,(H2,20,22). The van der Waals surface area contributed by atoms with Gasteiger partial charge in [0, 0.05) is 23.4 Å². The number of anilines is 1. The predicted octanol–water partition coefficient (Wildman–Crippen LogP) is 1.59. The third kappa shape index (κ3) is 3.64. The van der Waals surface area contributed by atoms with Gasteiger partial charge in [0.25, 0.3) is 0 Å². The Morgan fingerprint density at radius 2 is 2.19 bits per heavy atom. The lowest BCUT2D eigenvalue weighted by molar-refractivity contribution is 0.0521. The quantitative estimate of drug-likeness (QED) is 0.608. The van der Waals surface area contributed by atoms with Crippen molar-refractivity contribution in [1.29, 1.82) is 5.26 Å². The van der Waals surface area contributed by atoms with Crippen molar-refractivity contribution in [2.24, 2.45) is 0 Å². The highest BCUT2D eigenvalue weighted by molar-refractivity contribution is 5.81. The maximum atomic E-state index is 9.31. The molecule has 0 bridgehead atoms. The Kier molecular flexibility index (Phi) is 5.12. The number of hydrogen-bond acceptors (Lipinski definition) is 8. The minimum atomic E-state index is -0.971. The van der Waals surface area contributed by atoms with Gasteiger partial charge in [-0.3, -0.25) is 0 Å². The zero-order chi connectivity index (χ0) is 18.5. The molecule has 26 heavy (non-hydrogen) atoms. The molecule has 3 aromatic rings. The SMILES string of the molecule is N#Cc1cc(-c2ccc(OCC(O)CO)nc2)c(-c2ccco2)nc1N. The minimum Gasteiger partial charge on any atom is -0.475 e. The summed E-state index contributed by atoms with van der Waals surface area (Å²) in [5.74, 6) is 0.931. The maximum Gasteiger partial charge on any atom is 0.213 e. The van der Waals surface area contributed by atoms with Gasteiger partial charge in [-0.2, -0.15) is 5.26 Å². The Hall–Kier alpha value is -3.41. The Balaban J connectivity index is 1.96. The van der Waals surface area contributed by atoms with Crippen molar-refractivity contribution < 1.29 is 19.4 Å². The smallest absolute Gasteiger partial charge is 0.213 e. The second kappa shape index (κ2) is 7.65. The predicted molar refractivity (Wildman–Crippen MR) is 92.9 cm³/mol. The van der Waals surface area contributed by atoms with Crippen LogP contribution in [0.5, 0.6) is 5.88 Å². The molecule has 8 heteroatoms. The van der Waals surface area contributed by atoms with E-state index in [2.05, 4.69) is 9.97 Å². The summed E-state index contributed by atoms with van der Waals surface area (Å²) < 4.78 is 10.7. The van der Waals surface area contributed by atoms with E-state index in [0.717, 1.165) is 0 Å². The number of aliphatic hydroxyl groups is 2. The first-order valence-electron chi connectivity index (χ1n) is 7.75. The Morgan fingerprint density at radius 1 is 1.35 bits per heavy atom. The first-order chi connectivity index (χ1) is 12.6. The van der Waals surface area contributed by atoms with Gasteiger partial charge in [-0.15, -0.1) is 0 Å². The number of aliphatic hydroxyl groups excluding tert-OH is 2. The Morgan fingerprint density at radius 3 is 2.81 bits per heavy atom. The fourth-order valence-electron chi connectivity index (χ4n) is 2.30. The van der Waals surface area contributed by atoms with E-state index in [1.165, 1.54) is 6.26 Å². The van der Waals surface area contributed by atoms with Crippen molar-refractivity contribution in [3.8, 4) is 34.5 Å². The van der Waals surface area contributed by atoms with Crippen LogP contribution in [-0.4, -0.2) is 39.5 Å². The highest BCUT2D eigenvalue weighted by atomic mass is 16.5. The molecule has 3 rings (SSSR count).